The molecule has 7 nitrogen and oxygen atoms in total. The van der Waals surface area contributed by atoms with Gasteiger partial charge in [-0.3, -0.25) is 0 Å². The van der Waals surface area contributed by atoms with Crippen molar-refractivity contribution in [3.8, 4) is 0 Å². The Morgan fingerprint density at radius 1 is 0.321 bits per heavy atom. The molecule has 0 aliphatic rings. The molecule has 0 saturated heterocycles. The van der Waals surface area contributed by atoms with Crippen LogP contribution in [0.25, 0.3) is 0 Å². The smallest absolute Gasteiger partial charge is 0.0701 e. The van der Waals surface area contributed by atoms with Gasteiger partial charge in [0.15, 0.2) is 0 Å². The van der Waals surface area contributed by atoms with Gasteiger partial charge in [0.2, 0.25) is 0 Å². The first kappa shape index (κ1) is 27.7. The topological polar surface area (TPSA) is 64.6 Å². The quantitative estimate of drug-likeness (QED) is 0.215. The van der Waals surface area contributed by atoms with Crippen LogP contribution in [0.3, 0.4) is 0 Å². The Morgan fingerprint density at radius 3 is 1.00 bits per heavy atom. The van der Waals surface area contributed by atoms with Gasteiger partial charge in [0, 0.05) is 13.2 Å². The van der Waals surface area contributed by atoms with Gasteiger partial charge in [-0.1, -0.05) is 32.6 Å². The van der Waals surface area contributed by atoms with E-state index in [1.54, 1.807) is 0 Å². The number of hydrogen-bond acceptors (Lipinski definition) is 7. The van der Waals surface area contributed by atoms with Crippen molar-refractivity contribution in [2.24, 2.45) is 0 Å². The summed E-state index contributed by atoms with van der Waals surface area (Å²) in [6.07, 6.45) is 6.33. The predicted octanol–water partition coefficient (Wildman–Crippen LogP) is 3.09. The maximum atomic E-state index is 5.53. The third-order valence-corrected chi connectivity index (χ3v) is 3.83. The van der Waals surface area contributed by atoms with E-state index in [4.69, 9.17) is 33.2 Å². The Bertz CT molecular complexity index is 241. The largest absolute Gasteiger partial charge is 0.379 e. The van der Waals surface area contributed by atoms with Gasteiger partial charge >= 0.3 is 0 Å². The van der Waals surface area contributed by atoms with E-state index in [0.717, 1.165) is 19.6 Å². The highest BCUT2D eigenvalue weighted by Gasteiger charge is 1.94. The molecule has 0 aromatic carbocycles. The summed E-state index contributed by atoms with van der Waals surface area (Å²) in [5, 5.41) is 0. The highest BCUT2D eigenvalue weighted by molar-refractivity contribution is 4.42. The summed E-state index contributed by atoms with van der Waals surface area (Å²) in [5.74, 6) is 0. The summed E-state index contributed by atoms with van der Waals surface area (Å²) in [4.78, 5) is 0. The van der Waals surface area contributed by atoms with E-state index in [-0.39, 0.29) is 0 Å². The zero-order valence-electron chi connectivity index (χ0n) is 18.3. The third-order valence-electron chi connectivity index (χ3n) is 3.83. The molecule has 0 aliphatic carbocycles. The molecule has 0 saturated carbocycles. The van der Waals surface area contributed by atoms with Gasteiger partial charge in [-0.05, 0) is 13.3 Å². The molecule has 0 rings (SSSR count). The Balaban J connectivity index is 2.96. The first-order valence-corrected chi connectivity index (χ1v) is 11.0. The van der Waals surface area contributed by atoms with Crippen molar-refractivity contribution in [3.05, 3.63) is 0 Å². The van der Waals surface area contributed by atoms with Gasteiger partial charge in [-0.15, -0.1) is 0 Å². The summed E-state index contributed by atoms with van der Waals surface area (Å²) in [5.41, 5.74) is 0. The number of hydrogen-bond donors (Lipinski definition) is 0. The molecule has 0 heterocycles. The highest BCUT2D eigenvalue weighted by atomic mass is 16.6. The minimum atomic E-state index is 0.564. The van der Waals surface area contributed by atoms with Crippen molar-refractivity contribution in [1.29, 1.82) is 0 Å². The van der Waals surface area contributed by atoms with Crippen molar-refractivity contribution in [2.45, 2.75) is 46.0 Å². The molecular weight excluding hydrogens is 364 g/mol. The second-order valence-corrected chi connectivity index (χ2v) is 6.29. The van der Waals surface area contributed by atoms with Crippen LogP contribution in [0.15, 0.2) is 0 Å². The lowest BCUT2D eigenvalue weighted by Crippen LogP contribution is -2.14. The van der Waals surface area contributed by atoms with Crippen molar-refractivity contribution in [2.75, 3.05) is 92.5 Å². The zero-order chi connectivity index (χ0) is 20.4. The van der Waals surface area contributed by atoms with Crippen LogP contribution in [0.5, 0.6) is 0 Å². The van der Waals surface area contributed by atoms with Crippen molar-refractivity contribution < 1.29 is 33.2 Å². The average Bonchev–Trinajstić information content (AvgIpc) is 2.71. The third kappa shape index (κ3) is 25.7. The van der Waals surface area contributed by atoms with E-state index in [1.165, 1.54) is 25.7 Å². The minimum absolute atomic E-state index is 0.564. The Morgan fingerprint density at radius 2 is 0.643 bits per heavy atom. The fourth-order valence-corrected chi connectivity index (χ4v) is 2.27. The van der Waals surface area contributed by atoms with Crippen LogP contribution < -0.4 is 0 Å². The van der Waals surface area contributed by atoms with Crippen molar-refractivity contribution >= 4 is 0 Å². The summed E-state index contributed by atoms with van der Waals surface area (Å²) in [7, 11) is 0. The Labute approximate surface area is 172 Å². The Hall–Kier alpha value is -0.280. The fourth-order valence-electron chi connectivity index (χ4n) is 2.27. The van der Waals surface area contributed by atoms with Crippen LogP contribution in [0.1, 0.15) is 46.0 Å². The Kier molecular flexibility index (Phi) is 26.5. The van der Waals surface area contributed by atoms with Crippen LogP contribution in [-0.4, -0.2) is 92.5 Å². The fraction of sp³-hybridized carbons (Fsp3) is 1.00. The summed E-state index contributed by atoms with van der Waals surface area (Å²) < 4.78 is 37.8. The summed E-state index contributed by atoms with van der Waals surface area (Å²) in [6.45, 7) is 12.9. The van der Waals surface area contributed by atoms with Crippen LogP contribution in [0.4, 0.5) is 0 Å². The molecule has 0 aromatic rings. The minimum Gasteiger partial charge on any atom is -0.379 e. The van der Waals surface area contributed by atoms with Crippen molar-refractivity contribution in [3.63, 3.8) is 0 Å². The molecule has 0 spiro atoms. The van der Waals surface area contributed by atoms with Crippen LogP contribution in [0.2, 0.25) is 0 Å². The maximum Gasteiger partial charge on any atom is 0.0701 e. The molecule has 170 valence electrons. The first-order chi connectivity index (χ1) is 13.9. The van der Waals surface area contributed by atoms with Gasteiger partial charge < -0.3 is 33.2 Å². The molecule has 0 unspecified atom stereocenters. The molecule has 7 heteroatoms. The molecular formula is C21H44O7. The molecule has 0 radical (unpaired) electrons. The first-order valence-electron chi connectivity index (χ1n) is 11.0. The molecule has 0 amide bonds. The van der Waals surface area contributed by atoms with Crippen LogP contribution in [0, 0.1) is 0 Å². The van der Waals surface area contributed by atoms with E-state index in [0.29, 0.717) is 79.3 Å². The van der Waals surface area contributed by atoms with Gasteiger partial charge in [-0.25, -0.2) is 0 Å². The van der Waals surface area contributed by atoms with E-state index >= 15 is 0 Å². The molecule has 0 N–H and O–H groups in total. The molecule has 0 aromatic heterocycles. The lowest BCUT2D eigenvalue weighted by Gasteiger charge is -2.08. The molecule has 0 atom stereocenters. The lowest BCUT2D eigenvalue weighted by molar-refractivity contribution is -0.0202. The van der Waals surface area contributed by atoms with E-state index < -0.39 is 0 Å². The molecule has 28 heavy (non-hydrogen) atoms. The monoisotopic (exact) mass is 408 g/mol. The van der Waals surface area contributed by atoms with E-state index in [2.05, 4.69) is 6.92 Å². The van der Waals surface area contributed by atoms with Crippen molar-refractivity contribution in [1.82, 2.24) is 0 Å². The second-order valence-electron chi connectivity index (χ2n) is 6.29. The van der Waals surface area contributed by atoms with E-state index in [9.17, 15) is 0 Å². The second kappa shape index (κ2) is 26.7. The average molecular weight is 409 g/mol. The van der Waals surface area contributed by atoms with E-state index in [1.807, 2.05) is 6.92 Å². The maximum absolute atomic E-state index is 5.53. The standard InChI is InChI=1S/C21H44O7/c1-3-5-6-7-8-9-23-12-13-25-16-17-27-20-21-28-19-18-26-15-14-24-11-10-22-4-2/h3-21H2,1-2H3. The number of rotatable bonds is 25. The molecule has 0 aliphatic heterocycles. The van der Waals surface area contributed by atoms with Gasteiger partial charge in [0.1, 0.15) is 0 Å². The zero-order valence-corrected chi connectivity index (χ0v) is 18.3. The molecule has 0 bridgehead atoms. The van der Waals surface area contributed by atoms with Gasteiger partial charge in [-0.2, -0.15) is 0 Å². The summed E-state index contributed by atoms with van der Waals surface area (Å²) >= 11 is 0. The van der Waals surface area contributed by atoms with Gasteiger partial charge in [0.25, 0.3) is 0 Å². The summed E-state index contributed by atoms with van der Waals surface area (Å²) in [6, 6.07) is 0. The number of ether oxygens (including phenoxy) is 7. The highest BCUT2D eigenvalue weighted by Crippen LogP contribution is 2.02. The predicted molar refractivity (Wildman–Crippen MR) is 110 cm³/mol. The SMILES string of the molecule is CCCCCCCOCCOCCOCCOCCOCCOCCOCC. The van der Waals surface area contributed by atoms with Gasteiger partial charge in [0.05, 0.1) is 79.3 Å². The van der Waals surface area contributed by atoms with Crippen LogP contribution >= 0.6 is 0 Å². The number of unbranched alkanes of at least 4 members (excludes halogenated alkanes) is 4. The lowest BCUT2D eigenvalue weighted by atomic mass is 10.2. The van der Waals surface area contributed by atoms with Crippen LogP contribution in [-0.2, 0) is 33.2 Å². The normalized spacial score (nSPS) is 11.4. The molecule has 0 fully saturated rings.